The monoisotopic (exact) mass is 267 g/mol. The third kappa shape index (κ3) is 3.27. The van der Waals surface area contributed by atoms with E-state index in [4.69, 9.17) is 17.0 Å². The molecule has 0 saturated carbocycles. The Labute approximate surface area is 112 Å². The van der Waals surface area contributed by atoms with Crippen LogP contribution in [0, 0.1) is 6.92 Å². The average molecular weight is 267 g/mol. The number of hydrogen-bond donors (Lipinski definition) is 2. The Balaban J connectivity index is 2.17. The van der Waals surface area contributed by atoms with E-state index >= 15 is 0 Å². The van der Waals surface area contributed by atoms with Crippen molar-refractivity contribution in [2.24, 2.45) is 0 Å². The molecule has 0 bridgehead atoms. The summed E-state index contributed by atoms with van der Waals surface area (Å²) in [7, 11) is 1.76. The standard InChI is InChI=1S/C11H17N5OS/c1-8-7-9(16-3-5-17-6-4-16)14-10(13-8)15-11(18)12-2/h7H,3-6H2,1-2H3,(H2,12,13,14,15,18). The maximum Gasteiger partial charge on any atom is 0.231 e. The minimum Gasteiger partial charge on any atom is -0.378 e. The van der Waals surface area contributed by atoms with Crippen molar-refractivity contribution >= 4 is 29.1 Å². The van der Waals surface area contributed by atoms with Crippen molar-refractivity contribution in [3.63, 3.8) is 0 Å². The summed E-state index contributed by atoms with van der Waals surface area (Å²) in [5.74, 6) is 1.43. The second-order valence-electron chi connectivity index (χ2n) is 3.99. The molecule has 0 aliphatic carbocycles. The number of rotatable bonds is 2. The molecular formula is C11H17N5OS. The SMILES string of the molecule is CNC(=S)Nc1nc(C)cc(N2CCOCC2)n1. The van der Waals surface area contributed by atoms with Gasteiger partial charge in [-0.2, -0.15) is 4.98 Å². The highest BCUT2D eigenvalue weighted by molar-refractivity contribution is 7.80. The topological polar surface area (TPSA) is 62.3 Å². The quantitative estimate of drug-likeness (QED) is 0.758. The number of anilines is 2. The molecule has 7 heteroatoms. The fourth-order valence-corrected chi connectivity index (χ4v) is 1.82. The lowest BCUT2D eigenvalue weighted by molar-refractivity contribution is 0.122. The summed E-state index contributed by atoms with van der Waals surface area (Å²) in [5, 5.41) is 6.30. The van der Waals surface area contributed by atoms with Crippen molar-refractivity contribution in [3.05, 3.63) is 11.8 Å². The van der Waals surface area contributed by atoms with Crippen LogP contribution in [0.15, 0.2) is 6.07 Å². The number of nitrogens with one attached hydrogen (secondary N) is 2. The average Bonchev–Trinajstić information content (AvgIpc) is 2.39. The molecule has 0 atom stereocenters. The van der Waals surface area contributed by atoms with Crippen LogP contribution >= 0.6 is 12.2 Å². The molecule has 6 nitrogen and oxygen atoms in total. The lowest BCUT2D eigenvalue weighted by atomic mass is 10.3. The van der Waals surface area contributed by atoms with E-state index in [0.29, 0.717) is 11.1 Å². The number of thiocarbonyl (C=S) groups is 1. The van der Waals surface area contributed by atoms with Gasteiger partial charge < -0.3 is 20.3 Å². The van der Waals surface area contributed by atoms with Crippen molar-refractivity contribution < 1.29 is 4.74 Å². The number of hydrogen-bond acceptors (Lipinski definition) is 5. The zero-order valence-corrected chi connectivity index (χ0v) is 11.4. The Bertz CT molecular complexity index is 433. The number of morpholine rings is 1. The minimum atomic E-state index is 0.508. The fraction of sp³-hybridized carbons (Fsp3) is 0.545. The Morgan fingerprint density at radius 1 is 1.39 bits per heavy atom. The van der Waals surface area contributed by atoms with Gasteiger partial charge in [0.2, 0.25) is 5.95 Å². The predicted molar refractivity (Wildman–Crippen MR) is 75.1 cm³/mol. The van der Waals surface area contributed by atoms with Crippen LogP contribution in [0.3, 0.4) is 0 Å². The molecule has 98 valence electrons. The first-order valence-electron chi connectivity index (χ1n) is 5.86. The van der Waals surface area contributed by atoms with E-state index in [2.05, 4.69) is 25.5 Å². The maximum absolute atomic E-state index is 5.33. The van der Waals surface area contributed by atoms with Gasteiger partial charge in [-0.15, -0.1) is 0 Å². The van der Waals surface area contributed by atoms with Crippen molar-refractivity contribution in [2.75, 3.05) is 43.6 Å². The molecule has 1 aliphatic heterocycles. The molecule has 1 saturated heterocycles. The van der Waals surface area contributed by atoms with Crippen molar-refractivity contribution in [1.82, 2.24) is 15.3 Å². The van der Waals surface area contributed by atoms with Crippen LogP contribution in [-0.4, -0.2) is 48.4 Å². The van der Waals surface area contributed by atoms with Crippen LogP contribution in [0.5, 0.6) is 0 Å². The summed E-state index contributed by atoms with van der Waals surface area (Å²) in [6, 6.07) is 1.97. The third-order valence-corrected chi connectivity index (χ3v) is 2.93. The highest BCUT2D eigenvalue weighted by atomic mass is 32.1. The predicted octanol–water partition coefficient (Wildman–Crippen LogP) is 0.538. The number of ether oxygens (including phenoxy) is 1. The van der Waals surface area contributed by atoms with Gasteiger partial charge in [-0.1, -0.05) is 0 Å². The first-order chi connectivity index (χ1) is 8.69. The molecule has 18 heavy (non-hydrogen) atoms. The lowest BCUT2D eigenvalue weighted by Crippen LogP contribution is -2.37. The molecule has 2 heterocycles. The van der Waals surface area contributed by atoms with Crippen LogP contribution in [0.25, 0.3) is 0 Å². The zero-order chi connectivity index (χ0) is 13.0. The second-order valence-corrected chi connectivity index (χ2v) is 4.40. The smallest absolute Gasteiger partial charge is 0.231 e. The first kappa shape index (κ1) is 13.0. The van der Waals surface area contributed by atoms with Crippen LogP contribution in [0.1, 0.15) is 5.69 Å². The van der Waals surface area contributed by atoms with E-state index in [0.717, 1.165) is 37.8 Å². The van der Waals surface area contributed by atoms with Crippen LogP contribution in [0.4, 0.5) is 11.8 Å². The molecular weight excluding hydrogens is 250 g/mol. The fourth-order valence-electron chi connectivity index (χ4n) is 1.73. The highest BCUT2D eigenvalue weighted by Crippen LogP contribution is 2.16. The molecule has 2 N–H and O–H groups in total. The minimum absolute atomic E-state index is 0.508. The number of aryl methyl sites for hydroxylation is 1. The molecule has 0 aromatic carbocycles. The van der Waals surface area contributed by atoms with Gasteiger partial charge in [0.05, 0.1) is 13.2 Å². The Morgan fingerprint density at radius 2 is 2.11 bits per heavy atom. The molecule has 1 aromatic heterocycles. The molecule has 1 fully saturated rings. The van der Waals surface area contributed by atoms with E-state index in [1.54, 1.807) is 7.05 Å². The van der Waals surface area contributed by atoms with Crippen molar-refractivity contribution in [3.8, 4) is 0 Å². The second kappa shape index (κ2) is 5.92. The number of aromatic nitrogens is 2. The summed E-state index contributed by atoms with van der Waals surface area (Å²) in [6.07, 6.45) is 0. The first-order valence-corrected chi connectivity index (χ1v) is 6.27. The summed E-state index contributed by atoms with van der Waals surface area (Å²) in [6.45, 7) is 5.12. The normalized spacial score (nSPS) is 15.3. The van der Waals surface area contributed by atoms with E-state index in [-0.39, 0.29) is 0 Å². The van der Waals surface area contributed by atoms with Gasteiger partial charge in [0.1, 0.15) is 5.82 Å². The van der Waals surface area contributed by atoms with Gasteiger partial charge in [0.25, 0.3) is 0 Å². The molecule has 0 spiro atoms. The lowest BCUT2D eigenvalue weighted by Gasteiger charge is -2.28. The maximum atomic E-state index is 5.33. The zero-order valence-electron chi connectivity index (χ0n) is 10.6. The van der Waals surface area contributed by atoms with Crippen LogP contribution in [-0.2, 0) is 4.74 Å². The Morgan fingerprint density at radius 3 is 2.78 bits per heavy atom. The van der Waals surface area contributed by atoms with E-state index < -0.39 is 0 Å². The van der Waals surface area contributed by atoms with Gasteiger partial charge in [-0.25, -0.2) is 4.98 Å². The molecule has 0 amide bonds. The summed E-state index contributed by atoms with van der Waals surface area (Å²) in [4.78, 5) is 11.0. The van der Waals surface area contributed by atoms with Gasteiger partial charge in [0, 0.05) is 31.9 Å². The van der Waals surface area contributed by atoms with E-state index in [1.165, 1.54) is 0 Å². The van der Waals surface area contributed by atoms with Crippen LogP contribution < -0.4 is 15.5 Å². The summed E-state index contributed by atoms with van der Waals surface area (Å²) in [5.41, 5.74) is 0.910. The van der Waals surface area contributed by atoms with Gasteiger partial charge in [-0.3, -0.25) is 0 Å². The van der Waals surface area contributed by atoms with Gasteiger partial charge >= 0.3 is 0 Å². The number of nitrogens with zero attached hydrogens (tertiary/aromatic N) is 3. The Kier molecular flexibility index (Phi) is 4.27. The largest absolute Gasteiger partial charge is 0.378 e. The molecule has 2 rings (SSSR count). The van der Waals surface area contributed by atoms with E-state index in [1.807, 2.05) is 13.0 Å². The summed E-state index contributed by atoms with van der Waals surface area (Å²) >= 11 is 5.04. The van der Waals surface area contributed by atoms with Crippen molar-refractivity contribution in [2.45, 2.75) is 6.92 Å². The highest BCUT2D eigenvalue weighted by Gasteiger charge is 2.14. The van der Waals surface area contributed by atoms with Crippen molar-refractivity contribution in [1.29, 1.82) is 0 Å². The van der Waals surface area contributed by atoms with Gasteiger partial charge in [0.15, 0.2) is 5.11 Å². The molecule has 1 aromatic rings. The Hall–Kier alpha value is -1.47. The summed E-state index contributed by atoms with van der Waals surface area (Å²) < 4.78 is 5.33. The molecule has 0 unspecified atom stereocenters. The van der Waals surface area contributed by atoms with Crippen LogP contribution in [0.2, 0.25) is 0 Å². The molecule has 1 aliphatic rings. The van der Waals surface area contributed by atoms with E-state index in [9.17, 15) is 0 Å². The third-order valence-electron chi connectivity index (χ3n) is 2.63. The molecule has 0 radical (unpaired) electrons. The van der Waals surface area contributed by atoms with Gasteiger partial charge in [-0.05, 0) is 19.1 Å².